The minimum Gasteiger partial charge on any atom is -0.366 e. The van der Waals surface area contributed by atoms with Crippen molar-refractivity contribution in [2.75, 3.05) is 19.7 Å². The van der Waals surface area contributed by atoms with E-state index in [2.05, 4.69) is 25.3 Å². The van der Waals surface area contributed by atoms with Crippen LogP contribution in [0.25, 0.3) is 0 Å². The highest BCUT2D eigenvalue weighted by Crippen LogP contribution is 2.20. The normalized spacial score (nSPS) is 17.8. The van der Waals surface area contributed by atoms with Crippen LogP contribution in [0.15, 0.2) is 4.52 Å². The minimum absolute atomic E-state index is 0.106. The van der Waals surface area contributed by atoms with E-state index in [1.54, 1.807) is 0 Å². The van der Waals surface area contributed by atoms with Crippen LogP contribution in [-0.4, -0.2) is 55.8 Å². The summed E-state index contributed by atoms with van der Waals surface area (Å²) in [4.78, 5) is 22.9. The van der Waals surface area contributed by atoms with Crippen molar-refractivity contribution in [3.05, 3.63) is 23.4 Å². The lowest BCUT2D eigenvalue weighted by atomic mass is 10.2. The minimum atomic E-state index is -0.266. The monoisotopic (exact) mass is 348 g/mol. The number of nitrogens with one attached hydrogen (secondary N) is 1. The van der Waals surface area contributed by atoms with Crippen molar-refractivity contribution in [3.63, 3.8) is 0 Å². The number of amides is 1. The quantitative estimate of drug-likeness (QED) is 0.801. The van der Waals surface area contributed by atoms with Crippen molar-refractivity contribution in [2.24, 2.45) is 0 Å². The third-order valence-electron chi connectivity index (χ3n) is 4.20. The Hall–Kier alpha value is -2.29. The van der Waals surface area contributed by atoms with Gasteiger partial charge in [0.2, 0.25) is 11.8 Å². The van der Waals surface area contributed by atoms with Crippen molar-refractivity contribution in [1.82, 2.24) is 30.2 Å². The number of hydrogen-bond donors (Lipinski definition) is 1. The summed E-state index contributed by atoms with van der Waals surface area (Å²) in [5, 5.41) is 10.9. The molecule has 0 unspecified atom stereocenters. The molecule has 1 aliphatic rings. The predicted molar refractivity (Wildman–Crippen MR) is 87.6 cm³/mol. The predicted octanol–water partition coefficient (Wildman–Crippen LogP) is 1.24. The van der Waals surface area contributed by atoms with E-state index < -0.39 is 0 Å². The molecule has 0 bridgehead atoms. The van der Waals surface area contributed by atoms with Gasteiger partial charge in [0.25, 0.3) is 0 Å². The largest absolute Gasteiger partial charge is 0.366 e. The number of carbonyl (C=O) groups is 1. The number of aromatic nitrogens is 5. The van der Waals surface area contributed by atoms with Crippen LogP contribution in [0.4, 0.5) is 0 Å². The smallest absolute Gasteiger partial charge is 0.226 e. The molecule has 3 rings (SSSR count). The highest BCUT2D eigenvalue weighted by Gasteiger charge is 2.27. The molecule has 0 aliphatic carbocycles. The fourth-order valence-corrected chi connectivity index (χ4v) is 2.73. The molecule has 25 heavy (non-hydrogen) atoms. The Labute approximate surface area is 146 Å². The number of aryl methyl sites for hydroxylation is 3. The Morgan fingerprint density at radius 1 is 1.32 bits per heavy atom. The Morgan fingerprint density at radius 3 is 2.92 bits per heavy atom. The molecular formula is C16H24N6O3. The summed E-state index contributed by atoms with van der Waals surface area (Å²) in [6, 6.07) is 0. The van der Waals surface area contributed by atoms with Gasteiger partial charge in [-0.25, -0.2) is 4.98 Å². The summed E-state index contributed by atoms with van der Waals surface area (Å²) in [7, 11) is 0. The Bertz CT molecular complexity index is 698. The topological polar surface area (TPSA) is 110 Å². The standard InChI is InChI=1S/C16H24N6O3/c1-3-12-18-16(20-19-12)11-10-22(8-9-24-11)15(23)7-5-6-14-17-13(4-2)21-25-14/h11H,3-10H2,1-2H3,(H,18,19,20)/t11-/m0/s1. The molecule has 2 aromatic rings. The number of nitrogens with zero attached hydrogens (tertiary/aromatic N) is 5. The fraction of sp³-hybridized carbons (Fsp3) is 0.688. The van der Waals surface area contributed by atoms with E-state index in [1.165, 1.54) is 0 Å². The van der Waals surface area contributed by atoms with Crippen LogP contribution in [0, 0.1) is 0 Å². The van der Waals surface area contributed by atoms with Gasteiger partial charge in [-0.3, -0.25) is 9.89 Å². The molecule has 0 aromatic carbocycles. The van der Waals surface area contributed by atoms with Crippen molar-refractivity contribution in [3.8, 4) is 0 Å². The highest BCUT2D eigenvalue weighted by molar-refractivity contribution is 5.76. The maximum Gasteiger partial charge on any atom is 0.226 e. The van der Waals surface area contributed by atoms with Gasteiger partial charge in [-0.05, 0) is 6.42 Å². The molecule has 1 N–H and O–H groups in total. The van der Waals surface area contributed by atoms with Gasteiger partial charge in [0.15, 0.2) is 11.6 Å². The zero-order chi connectivity index (χ0) is 17.6. The number of H-pyrrole nitrogens is 1. The average Bonchev–Trinajstić information content (AvgIpc) is 3.31. The van der Waals surface area contributed by atoms with Gasteiger partial charge in [-0.15, -0.1) is 0 Å². The van der Waals surface area contributed by atoms with Gasteiger partial charge in [0, 0.05) is 32.2 Å². The molecular weight excluding hydrogens is 324 g/mol. The lowest BCUT2D eigenvalue weighted by Crippen LogP contribution is -2.42. The first-order valence-corrected chi connectivity index (χ1v) is 8.81. The van der Waals surface area contributed by atoms with Crippen LogP contribution in [0.2, 0.25) is 0 Å². The lowest BCUT2D eigenvalue weighted by Gasteiger charge is -2.31. The van der Waals surface area contributed by atoms with Crippen LogP contribution in [0.1, 0.15) is 56.2 Å². The lowest BCUT2D eigenvalue weighted by molar-refractivity contribution is -0.139. The molecule has 1 aliphatic heterocycles. The molecule has 0 saturated carbocycles. The van der Waals surface area contributed by atoms with Crippen molar-refractivity contribution >= 4 is 5.91 Å². The maximum absolute atomic E-state index is 12.4. The van der Waals surface area contributed by atoms with Gasteiger partial charge >= 0.3 is 0 Å². The number of ether oxygens (including phenoxy) is 1. The molecule has 1 fully saturated rings. The summed E-state index contributed by atoms with van der Waals surface area (Å²) in [6.45, 7) is 5.57. The number of carbonyl (C=O) groups excluding carboxylic acids is 1. The molecule has 9 nitrogen and oxygen atoms in total. The van der Waals surface area contributed by atoms with Crippen LogP contribution in [0.5, 0.6) is 0 Å². The second kappa shape index (κ2) is 8.19. The summed E-state index contributed by atoms with van der Waals surface area (Å²) in [5.74, 6) is 2.85. The highest BCUT2D eigenvalue weighted by atomic mass is 16.5. The average molecular weight is 348 g/mol. The fourth-order valence-electron chi connectivity index (χ4n) is 2.73. The SMILES string of the molecule is CCc1noc(CCCC(=O)N2CCO[C@H](c3n[nH]c(CC)n3)C2)n1. The van der Waals surface area contributed by atoms with Gasteiger partial charge < -0.3 is 14.2 Å². The second-order valence-electron chi connectivity index (χ2n) is 6.00. The maximum atomic E-state index is 12.4. The van der Waals surface area contributed by atoms with E-state index >= 15 is 0 Å². The molecule has 0 radical (unpaired) electrons. The van der Waals surface area contributed by atoms with Crippen LogP contribution < -0.4 is 0 Å². The van der Waals surface area contributed by atoms with Gasteiger partial charge in [0.1, 0.15) is 11.9 Å². The molecule has 1 atom stereocenters. The van der Waals surface area contributed by atoms with E-state index in [9.17, 15) is 4.79 Å². The summed E-state index contributed by atoms with van der Waals surface area (Å²) < 4.78 is 10.9. The number of hydrogen-bond acceptors (Lipinski definition) is 7. The van der Waals surface area contributed by atoms with Crippen LogP contribution in [-0.2, 0) is 28.8 Å². The number of rotatable bonds is 7. The summed E-state index contributed by atoms with van der Waals surface area (Å²) in [6.07, 6.45) is 3.03. The number of aromatic amines is 1. The van der Waals surface area contributed by atoms with E-state index in [0.29, 0.717) is 56.5 Å². The summed E-state index contributed by atoms with van der Waals surface area (Å²) in [5.41, 5.74) is 0. The second-order valence-corrected chi connectivity index (χ2v) is 6.00. The number of morpholine rings is 1. The van der Waals surface area contributed by atoms with Crippen molar-refractivity contribution in [1.29, 1.82) is 0 Å². The van der Waals surface area contributed by atoms with Gasteiger partial charge in [-0.1, -0.05) is 19.0 Å². The first-order valence-electron chi connectivity index (χ1n) is 8.81. The van der Waals surface area contributed by atoms with E-state index in [4.69, 9.17) is 9.26 Å². The van der Waals surface area contributed by atoms with E-state index in [0.717, 1.165) is 18.7 Å². The Balaban J connectivity index is 1.48. The van der Waals surface area contributed by atoms with E-state index in [1.807, 2.05) is 18.7 Å². The molecule has 1 saturated heterocycles. The third-order valence-corrected chi connectivity index (χ3v) is 4.20. The van der Waals surface area contributed by atoms with Crippen LogP contribution >= 0.6 is 0 Å². The Kier molecular flexibility index (Phi) is 5.75. The van der Waals surface area contributed by atoms with Gasteiger partial charge in [-0.2, -0.15) is 10.1 Å². The van der Waals surface area contributed by atoms with Crippen molar-refractivity contribution in [2.45, 2.75) is 52.1 Å². The zero-order valence-electron chi connectivity index (χ0n) is 14.7. The van der Waals surface area contributed by atoms with Crippen molar-refractivity contribution < 1.29 is 14.1 Å². The van der Waals surface area contributed by atoms with Crippen LogP contribution in [0.3, 0.4) is 0 Å². The molecule has 1 amide bonds. The molecule has 0 spiro atoms. The van der Waals surface area contributed by atoms with Gasteiger partial charge in [0.05, 0.1) is 13.2 Å². The third kappa shape index (κ3) is 4.41. The Morgan fingerprint density at radius 2 is 2.20 bits per heavy atom. The molecule has 136 valence electrons. The summed E-state index contributed by atoms with van der Waals surface area (Å²) >= 11 is 0. The molecule has 9 heteroatoms. The molecule has 3 heterocycles. The first-order chi connectivity index (χ1) is 12.2. The van der Waals surface area contributed by atoms with E-state index in [-0.39, 0.29) is 12.0 Å². The first kappa shape index (κ1) is 17.5. The zero-order valence-corrected chi connectivity index (χ0v) is 14.7. The molecule has 2 aromatic heterocycles.